The van der Waals surface area contributed by atoms with Gasteiger partial charge in [0.05, 0.1) is 11.3 Å². The van der Waals surface area contributed by atoms with Crippen LogP contribution in [-0.2, 0) is 12.3 Å². The van der Waals surface area contributed by atoms with Crippen molar-refractivity contribution in [3.05, 3.63) is 121 Å². The Labute approximate surface area is 174 Å². The third kappa shape index (κ3) is 3.88. The van der Waals surface area contributed by atoms with Crippen LogP contribution in [0.2, 0.25) is 0 Å². The number of benzene rings is 3. The first-order valence-electron chi connectivity index (χ1n) is 9.58. The number of alkyl halides is 3. The van der Waals surface area contributed by atoms with E-state index < -0.39 is 19.0 Å². The maximum absolute atomic E-state index is 13.8. The second-order valence-corrected chi connectivity index (χ2v) is 10.5. The summed E-state index contributed by atoms with van der Waals surface area (Å²) in [6.07, 6.45) is -2.82. The molecule has 0 aliphatic heterocycles. The predicted octanol–water partition coefficient (Wildman–Crippen LogP) is 5.59. The first kappa shape index (κ1) is 20.3. The van der Waals surface area contributed by atoms with Gasteiger partial charge in [-0.25, -0.2) is 0 Å². The van der Waals surface area contributed by atoms with Crippen molar-refractivity contribution in [3.63, 3.8) is 0 Å². The fraction of sp³-hybridized carbons (Fsp3) is 0.0800. The van der Waals surface area contributed by atoms with E-state index in [0.717, 1.165) is 22.0 Å². The van der Waals surface area contributed by atoms with Crippen LogP contribution in [0.5, 0.6) is 0 Å². The predicted molar refractivity (Wildman–Crippen MR) is 118 cm³/mol. The van der Waals surface area contributed by atoms with Gasteiger partial charge in [0.2, 0.25) is 0 Å². The SMILES string of the molecule is FC(F)(F)c1cccnc1C[P+](c1ccccc1)(c1ccccc1)c1ccccc1. The summed E-state index contributed by atoms with van der Waals surface area (Å²) in [7, 11) is -2.43. The van der Waals surface area contributed by atoms with Crippen molar-refractivity contribution < 1.29 is 13.2 Å². The second kappa shape index (κ2) is 8.41. The molecule has 0 N–H and O–H groups in total. The molecular formula is C25H20F3NP+. The van der Waals surface area contributed by atoms with Gasteiger partial charge in [0, 0.05) is 6.20 Å². The van der Waals surface area contributed by atoms with Crippen LogP contribution in [0, 0.1) is 0 Å². The van der Waals surface area contributed by atoms with Gasteiger partial charge in [0.15, 0.2) is 0 Å². The average molecular weight is 422 g/mol. The van der Waals surface area contributed by atoms with Crippen molar-refractivity contribution in [1.29, 1.82) is 0 Å². The highest BCUT2D eigenvalue weighted by Gasteiger charge is 2.48. The van der Waals surface area contributed by atoms with Crippen molar-refractivity contribution in [2.45, 2.75) is 12.3 Å². The maximum Gasteiger partial charge on any atom is 0.418 e. The summed E-state index contributed by atoms with van der Waals surface area (Å²) < 4.78 is 41.4. The molecule has 30 heavy (non-hydrogen) atoms. The van der Waals surface area contributed by atoms with Gasteiger partial charge < -0.3 is 0 Å². The minimum Gasteiger partial charge on any atom is -0.257 e. The third-order valence-electron chi connectivity index (χ3n) is 5.17. The molecule has 0 aliphatic rings. The molecule has 1 nitrogen and oxygen atoms in total. The van der Waals surface area contributed by atoms with E-state index in [4.69, 9.17) is 0 Å². The van der Waals surface area contributed by atoms with Crippen LogP contribution in [0.3, 0.4) is 0 Å². The standard InChI is InChI=1S/C25H20F3NP/c26-25(27,28)23-17-10-18-29-24(23)19-30(20-11-4-1-5-12-20,21-13-6-2-7-14-21)22-15-8-3-9-16-22/h1-18H,19H2/q+1. The Morgan fingerprint density at radius 1 is 0.600 bits per heavy atom. The Morgan fingerprint density at radius 3 is 1.43 bits per heavy atom. The van der Waals surface area contributed by atoms with E-state index in [1.165, 1.54) is 12.3 Å². The average Bonchev–Trinajstić information content (AvgIpc) is 2.79. The van der Waals surface area contributed by atoms with E-state index in [-0.39, 0.29) is 11.9 Å². The van der Waals surface area contributed by atoms with Gasteiger partial charge in [-0.3, -0.25) is 4.98 Å². The van der Waals surface area contributed by atoms with Gasteiger partial charge in [0.1, 0.15) is 29.3 Å². The molecule has 0 aliphatic carbocycles. The molecule has 4 rings (SSSR count). The Hall–Kier alpha value is -2.97. The highest BCUT2D eigenvalue weighted by atomic mass is 31.2. The van der Waals surface area contributed by atoms with E-state index in [2.05, 4.69) is 4.98 Å². The Kier molecular flexibility index (Phi) is 5.69. The van der Waals surface area contributed by atoms with Crippen LogP contribution in [0.15, 0.2) is 109 Å². The monoisotopic (exact) mass is 422 g/mol. The summed E-state index contributed by atoms with van der Waals surface area (Å²) in [5, 5.41) is 3.09. The largest absolute Gasteiger partial charge is 0.418 e. The minimum atomic E-state index is -4.46. The van der Waals surface area contributed by atoms with Gasteiger partial charge in [-0.05, 0) is 48.5 Å². The fourth-order valence-electron chi connectivity index (χ4n) is 3.82. The first-order chi connectivity index (χ1) is 14.5. The molecule has 5 heteroatoms. The lowest BCUT2D eigenvalue weighted by atomic mass is 10.2. The van der Waals surface area contributed by atoms with Crippen molar-refractivity contribution in [3.8, 4) is 0 Å². The second-order valence-electron chi connectivity index (χ2n) is 6.97. The minimum absolute atomic E-state index is 0.0786. The van der Waals surface area contributed by atoms with E-state index in [1.54, 1.807) is 0 Å². The highest BCUT2D eigenvalue weighted by molar-refractivity contribution is 7.95. The smallest absolute Gasteiger partial charge is 0.257 e. The van der Waals surface area contributed by atoms with Gasteiger partial charge in [-0.1, -0.05) is 54.6 Å². The molecule has 1 aromatic heterocycles. The number of hydrogen-bond acceptors (Lipinski definition) is 1. The Balaban J connectivity index is 2.02. The van der Waals surface area contributed by atoms with E-state index >= 15 is 0 Å². The zero-order valence-electron chi connectivity index (χ0n) is 16.1. The third-order valence-corrected chi connectivity index (χ3v) is 9.49. The lowest BCUT2D eigenvalue weighted by molar-refractivity contribution is -0.138. The summed E-state index contributed by atoms with van der Waals surface area (Å²) in [6.45, 7) is 0. The first-order valence-corrected chi connectivity index (χ1v) is 11.6. The molecule has 0 bridgehead atoms. The van der Waals surface area contributed by atoms with Crippen molar-refractivity contribution in [1.82, 2.24) is 4.98 Å². The zero-order chi connectivity index (χ0) is 21.0. The van der Waals surface area contributed by atoms with Crippen LogP contribution >= 0.6 is 7.26 Å². The highest BCUT2D eigenvalue weighted by Crippen LogP contribution is 2.58. The summed E-state index contributed by atoms with van der Waals surface area (Å²) in [5.41, 5.74) is -0.591. The van der Waals surface area contributed by atoms with Gasteiger partial charge in [-0.15, -0.1) is 0 Å². The molecular weight excluding hydrogens is 402 g/mol. The number of aromatic nitrogens is 1. The molecule has 4 aromatic rings. The van der Waals surface area contributed by atoms with Crippen molar-refractivity contribution >= 4 is 23.2 Å². The Bertz CT molecular complexity index is 1000. The number of rotatable bonds is 5. The Morgan fingerprint density at radius 2 is 1.03 bits per heavy atom. The summed E-state index contributed by atoms with van der Waals surface area (Å²) in [6, 6.07) is 32.0. The van der Waals surface area contributed by atoms with Crippen LogP contribution in [-0.4, -0.2) is 4.98 Å². The maximum atomic E-state index is 13.8. The van der Waals surface area contributed by atoms with Crippen LogP contribution in [0.4, 0.5) is 13.2 Å². The number of hydrogen-bond donors (Lipinski definition) is 0. The molecule has 0 saturated carbocycles. The zero-order valence-corrected chi connectivity index (χ0v) is 17.0. The molecule has 0 atom stereocenters. The normalized spacial score (nSPS) is 12.0. The molecule has 0 amide bonds. The molecule has 0 fully saturated rings. The summed E-state index contributed by atoms with van der Waals surface area (Å²) in [4.78, 5) is 4.21. The lowest BCUT2D eigenvalue weighted by Gasteiger charge is -2.28. The lowest BCUT2D eigenvalue weighted by Crippen LogP contribution is -2.33. The fourth-order valence-corrected chi connectivity index (χ4v) is 8.00. The van der Waals surface area contributed by atoms with E-state index in [0.29, 0.717) is 0 Å². The van der Waals surface area contributed by atoms with Crippen LogP contribution < -0.4 is 15.9 Å². The molecule has 0 saturated heterocycles. The van der Waals surface area contributed by atoms with Crippen molar-refractivity contribution in [2.75, 3.05) is 0 Å². The quantitative estimate of drug-likeness (QED) is 0.382. The van der Waals surface area contributed by atoms with Crippen LogP contribution in [0.1, 0.15) is 11.3 Å². The summed E-state index contributed by atoms with van der Waals surface area (Å²) >= 11 is 0. The molecule has 150 valence electrons. The molecule has 0 radical (unpaired) electrons. The number of nitrogens with zero attached hydrogens (tertiary/aromatic N) is 1. The number of halogens is 3. The molecule has 0 unspecified atom stereocenters. The topological polar surface area (TPSA) is 12.9 Å². The van der Waals surface area contributed by atoms with Crippen LogP contribution in [0.25, 0.3) is 0 Å². The van der Waals surface area contributed by atoms with E-state index in [1.807, 2.05) is 91.0 Å². The number of pyridine rings is 1. The summed E-state index contributed by atoms with van der Waals surface area (Å²) in [5.74, 6) is 0. The molecule has 3 aromatic carbocycles. The van der Waals surface area contributed by atoms with Crippen molar-refractivity contribution in [2.24, 2.45) is 0 Å². The molecule has 0 spiro atoms. The van der Waals surface area contributed by atoms with Gasteiger partial charge in [0.25, 0.3) is 0 Å². The van der Waals surface area contributed by atoms with E-state index in [9.17, 15) is 13.2 Å². The molecule has 1 heterocycles. The van der Waals surface area contributed by atoms with Gasteiger partial charge >= 0.3 is 6.18 Å². The van der Waals surface area contributed by atoms with Gasteiger partial charge in [-0.2, -0.15) is 13.2 Å².